The lowest BCUT2D eigenvalue weighted by Gasteiger charge is -2.38. The lowest BCUT2D eigenvalue weighted by atomic mass is 9.93. The predicted octanol–water partition coefficient (Wildman–Crippen LogP) is 2.28. The molecule has 0 bridgehead atoms. The van der Waals surface area contributed by atoms with Gasteiger partial charge in [-0.3, -0.25) is 14.6 Å². The maximum Gasteiger partial charge on any atom is 0.272 e. The van der Waals surface area contributed by atoms with Crippen LogP contribution in [0.4, 0.5) is 5.69 Å². The molecule has 1 aromatic heterocycles. The number of aryl methyl sites for hydroxylation is 1. The molecule has 2 amide bonds. The van der Waals surface area contributed by atoms with Gasteiger partial charge in [0, 0.05) is 37.4 Å². The fourth-order valence-electron chi connectivity index (χ4n) is 3.80. The molecule has 0 N–H and O–H groups in total. The van der Waals surface area contributed by atoms with Crippen LogP contribution >= 0.6 is 0 Å². The summed E-state index contributed by atoms with van der Waals surface area (Å²) in [6.45, 7) is 3.78. The van der Waals surface area contributed by atoms with E-state index in [1.165, 1.54) is 0 Å². The molecule has 27 heavy (non-hydrogen) atoms. The van der Waals surface area contributed by atoms with E-state index >= 15 is 0 Å². The van der Waals surface area contributed by atoms with Gasteiger partial charge in [-0.05, 0) is 37.1 Å². The van der Waals surface area contributed by atoms with Crippen molar-refractivity contribution in [2.45, 2.75) is 19.4 Å². The molecule has 2 aromatic rings. The number of amides is 2. The summed E-state index contributed by atoms with van der Waals surface area (Å²) in [5.41, 5.74) is 2.36. The molecule has 140 valence electrons. The SMILES string of the molecule is Cc1ccc(C(=O)N2CC[C@@H]3OCC(=O)N(c4ccccc4)C[C@H]3C2)nc1. The zero-order valence-electron chi connectivity index (χ0n) is 15.4. The summed E-state index contributed by atoms with van der Waals surface area (Å²) in [5.74, 6) is -0.0104. The van der Waals surface area contributed by atoms with Crippen LogP contribution in [0.1, 0.15) is 22.5 Å². The van der Waals surface area contributed by atoms with E-state index in [4.69, 9.17) is 4.74 Å². The van der Waals surface area contributed by atoms with Crippen molar-refractivity contribution in [1.82, 2.24) is 9.88 Å². The summed E-state index contributed by atoms with van der Waals surface area (Å²) in [4.78, 5) is 33.2. The van der Waals surface area contributed by atoms with Crippen molar-refractivity contribution < 1.29 is 14.3 Å². The summed E-state index contributed by atoms with van der Waals surface area (Å²) in [6, 6.07) is 13.3. The Balaban J connectivity index is 1.51. The lowest BCUT2D eigenvalue weighted by molar-refractivity contribution is -0.124. The summed E-state index contributed by atoms with van der Waals surface area (Å²) in [5, 5.41) is 0. The first kappa shape index (κ1) is 17.7. The molecule has 2 fully saturated rings. The molecular weight excluding hydrogens is 342 g/mol. The fraction of sp³-hybridized carbons (Fsp3) is 0.381. The van der Waals surface area contributed by atoms with Crippen molar-refractivity contribution >= 4 is 17.5 Å². The molecule has 2 aliphatic heterocycles. The first-order valence-corrected chi connectivity index (χ1v) is 9.31. The quantitative estimate of drug-likeness (QED) is 0.819. The number of nitrogens with zero attached hydrogens (tertiary/aromatic N) is 3. The number of rotatable bonds is 2. The molecule has 0 saturated carbocycles. The van der Waals surface area contributed by atoms with Crippen molar-refractivity contribution in [2.24, 2.45) is 5.92 Å². The normalized spacial score (nSPS) is 22.9. The van der Waals surface area contributed by atoms with Crippen LogP contribution < -0.4 is 4.90 Å². The Morgan fingerprint density at radius 1 is 1.15 bits per heavy atom. The number of likely N-dealkylation sites (tertiary alicyclic amines) is 1. The molecule has 1 aromatic carbocycles. The van der Waals surface area contributed by atoms with Crippen molar-refractivity contribution in [2.75, 3.05) is 31.1 Å². The van der Waals surface area contributed by atoms with E-state index in [1.807, 2.05) is 48.2 Å². The molecule has 4 rings (SSSR count). The minimum Gasteiger partial charge on any atom is -0.368 e. The molecule has 0 unspecified atom stereocenters. The van der Waals surface area contributed by atoms with Gasteiger partial charge in [0.25, 0.3) is 11.8 Å². The van der Waals surface area contributed by atoms with Crippen LogP contribution in [0.3, 0.4) is 0 Å². The van der Waals surface area contributed by atoms with Crippen LogP contribution in [0.5, 0.6) is 0 Å². The molecule has 6 nitrogen and oxygen atoms in total. The highest BCUT2D eigenvalue weighted by Gasteiger charge is 2.37. The van der Waals surface area contributed by atoms with Gasteiger partial charge < -0.3 is 14.5 Å². The van der Waals surface area contributed by atoms with E-state index in [2.05, 4.69) is 4.98 Å². The van der Waals surface area contributed by atoms with Gasteiger partial charge in [-0.15, -0.1) is 0 Å². The number of para-hydroxylation sites is 1. The first-order chi connectivity index (χ1) is 13.1. The number of piperidine rings is 1. The minimum atomic E-state index is -0.0599. The van der Waals surface area contributed by atoms with Crippen LogP contribution in [0, 0.1) is 12.8 Å². The molecule has 6 heteroatoms. The zero-order valence-corrected chi connectivity index (χ0v) is 15.4. The summed E-state index contributed by atoms with van der Waals surface area (Å²) >= 11 is 0. The summed E-state index contributed by atoms with van der Waals surface area (Å²) < 4.78 is 5.88. The Bertz CT molecular complexity index is 822. The fourth-order valence-corrected chi connectivity index (χ4v) is 3.80. The summed E-state index contributed by atoms with van der Waals surface area (Å²) in [6.07, 6.45) is 2.45. The largest absolute Gasteiger partial charge is 0.368 e. The number of ether oxygens (including phenoxy) is 1. The Morgan fingerprint density at radius 3 is 2.70 bits per heavy atom. The van der Waals surface area contributed by atoms with Gasteiger partial charge in [-0.2, -0.15) is 0 Å². The molecule has 0 spiro atoms. The molecule has 2 atom stereocenters. The van der Waals surface area contributed by atoms with Crippen LogP contribution in [0.2, 0.25) is 0 Å². The van der Waals surface area contributed by atoms with Crippen molar-refractivity contribution in [1.29, 1.82) is 0 Å². The highest BCUT2D eigenvalue weighted by Crippen LogP contribution is 2.27. The minimum absolute atomic E-state index is 0.00214. The van der Waals surface area contributed by atoms with Crippen LogP contribution in [-0.4, -0.2) is 54.0 Å². The van der Waals surface area contributed by atoms with Gasteiger partial charge in [-0.25, -0.2) is 0 Å². The van der Waals surface area contributed by atoms with E-state index in [9.17, 15) is 9.59 Å². The van der Waals surface area contributed by atoms with E-state index < -0.39 is 0 Å². The number of pyridine rings is 1. The Hall–Kier alpha value is -2.73. The maximum absolute atomic E-state index is 12.8. The number of hydrogen-bond donors (Lipinski definition) is 0. The number of aromatic nitrogens is 1. The Labute approximate surface area is 158 Å². The zero-order chi connectivity index (χ0) is 18.8. The van der Waals surface area contributed by atoms with E-state index in [-0.39, 0.29) is 30.4 Å². The standard InChI is InChI=1S/C21H23N3O3/c1-15-7-8-18(22-11-15)21(26)23-10-9-19-16(12-23)13-24(20(25)14-27-19)17-5-3-2-4-6-17/h2-8,11,16,19H,9-10,12-14H2,1H3/t16-,19+/m1/s1. The van der Waals surface area contributed by atoms with Crippen molar-refractivity contribution in [3.8, 4) is 0 Å². The predicted molar refractivity (Wildman–Crippen MR) is 102 cm³/mol. The number of benzene rings is 1. The molecular formula is C21H23N3O3. The second-order valence-corrected chi connectivity index (χ2v) is 7.21. The van der Waals surface area contributed by atoms with Gasteiger partial charge in [-0.1, -0.05) is 24.3 Å². The third kappa shape index (κ3) is 3.71. The highest BCUT2D eigenvalue weighted by molar-refractivity contribution is 5.95. The number of hydrogen-bond acceptors (Lipinski definition) is 4. The number of carbonyl (C=O) groups is 2. The summed E-state index contributed by atoms with van der Waals surface area (Å²) in [7, 11) is 0. The van der Waals surface area contributed by atoms with E-state index in [0.29, 0.717) is 25.3 Å². The Kier molecular flexibility index (Phi) is 4.90. The number of anilines is 1. The topological polar surface area (TPSA) is 62.7 Å². The van der Waals surface area contributed by atoms with Crippen LogP contribution in [-0.2, 0) is 9.53 Å². The molecule has 3 heterocycles. The monoisotopic (exact) mass is 365 g/mol. The third-order valence-corrected chi connectivity index (χ3v) is 5.29. The molecule has 2 aliphatic rings. The Morgan fingerprint density at radius 2 is 1.96 bits per heavy atom. The lowest BCUT2D eigenvalue weighted by Crippen LogP contribution is -2.49. The van der Waals surface area contributed by atoms with E-state index in [1.54, 1.807) is 17.2 Å². The molecule has 2 saturated heterocycles. The first-order valence-electron chi connectivity index (χ1n) is 9.31. The molecule has 0 radical (unpaired) electrons. The van der Waals surface area contributed by atoms with Gasteiger partial charge >= 0.3 is 0 Å². The van der Waals surface area contributed by atoms with Crippen molar-refractivity contribution in [3.05, 3.63) is 59.9 Å². The molecule has 0 aliphatic carbocycles. The van der Waals surface area contributed by atoms with Crippen LogP contribution in [0.25, 0.3) is 0 Å². The second kappa shape index (κ2) is 7.48. The third-order valence-electron chi connectivity index (χ3n) is 5.29. The smallest absolute Gasteiger partial charge is 0.272 e. The van der Waals surface area contributed by atoms with Gasteiger partial charge in [0.05, 0.1) is 6.10 Å². The van der Waals surface area contributed by atoms with Crippen molar-refractivity contribution in [3.63, 3.8) is 0 Å². The van der Waals surface area contributed by atoms with Gasteiger partial charge in [0.1, 0.15) is 12.3 Å². The van der Waals surface area contributed by atoms with E-state index in [0.717, 1.165) is 17.7 Å². The number of fused-ring (bicyclic) bond motifs is 1. The average Bonchev–Trinajstić information content (AvgIpc) is 2.87. The maximum atomic E-state index is 12.8. The van der Waals surface area contributed by atoms with Gasteiger partial charge in [0.15, 0.2) is 0 Å². The number of carbonyl (C=O) groups excluding carboxylic acids is 2. The highest BCUT2D eigenvalue weighted by atomic mass is 16.5. The average molecular weight is 365 g/mol. The van der Waals surface area contributed by atoms with Gasteiger partial charge in [0.2, 0.25) is 0 Å². The second-order valence-electron chi connectivity index (χ2n) is 7.21. The van der Waals surface area contributed by atoms with Crippen LogP contribution in [0.15, 0.2) is 48.7 Å².